The molecule has 1 fully saturated rings. The van der Waals surface area contributed by atoms with Crippen LogP contribution in [0, 0.1) is 26.6 Å². The van der Waals surface area contributed by atoms with Gasteiger partial charge in [-0.3, -0.25) is 4.79 Å². The lowest BCUT2D eigenvalue weighted by Crippen LogP contribution is -2.29. The molecule has 1 N–H and O–H groups in total. The van der Waals surface area contributed by atoms with E-state index >= 15 is 0 Å². The first kappa shape index (κ1) is 20.9. The van der Waals surface area contributed by atoms with Crippen molar-refractivity contribution in [3.8, 4) is 0 Å². The average molecular weight is 325 g/mol. The molecule has 1 aliphatic carbocycles. The number of benzene rings is 1. The normalized spacial score (nSPS) is 15.7. The lowest BCUT2D eigenvalue weighted by molar-refractivity contribution is 0.0953. The molecule has 4 heteroatoms. The summed E-state index contributed by atoms with van der Waals surface area (Å²) in [5.74, 6) is 0.521. The summed E-state index contributed by atoms with van der Waals surface area (Å²) in [5.41, 5.74) is 0.207. The minimum Gasteiger partial charge on any atom is -0.351 e. The molecule has 0 aliphatic heterocycles. The van der Waals surface area contributed by atoms with Gasteiger partial charge in [-0.25, -0.2) is 4.39 Å². The van der Waals surface area contributed by atoms with Crippen molar-refractivity contribution in [1.82, 2.24) is 5.32 Å². The fourth-order valence-corrected chi connectivity index (χ4v) is 2.77. The van der Waals surface area contributed by atoms with Crippen LogP contribution in [0.1, 0.15) is 55.3 Å². The van der Waals surface area contributed by atoms with Gasteiger partial charge in [0.25, 0.3) is 5.91 Å². The maximum Gasteiger partial charge on any atom is 0.252 e. The van der Waals surface area contributed by atoms with Crippen molar-refractivity contribution in [3.63, 3.8) is 0 Å². The first-order valence-electron chi connectivity index (χ1n) is 7.24. The topological polar surface area (TPSA) is 29.1 Å². The van der Waals surface area contributed by atoms with E-state index in [9.17, 15) is 9.18 Å². The Bertz CT molecular complexity index is 456. The Morgan fingerprint density at radius 3 is 2.32 bits per heavy atom. The number of rotatable bonds is 3. The molecule has 2 nitrogen and oxygen atoms in total. The second-order valence-corrected chi connectivity index (χ2v) is 5.68. The van der Waals surface area contributed by atoms with Gasteiger partial charge in [-0.2, -0.15) is 0 Å². The Kier molecular flexibility index (Phi) is 10.1. The van der Waals surface area contributed by atoms with Crippen molar-refractivity contribution in [2.24, 2.45) is 0 Å². The molecule has 5 radical (unpaired) electrons. The van der Waals surface area contributed by atoms with E-state index in [4.69, 9.17) is 11.6 Å². The molecular formula is C18H24ClFNO. The van der Waals surface area contributed by atoms with Crippen molar-refractivity contribution < 1.29 is 9.18 Å². The number of hydrogen-bond donors (Lipinski definition) is 1. The Morgan fingerprint density at radius 2 is 1.68 bits per heavy atom. The number of nitrogens with one attached hydrogen (secondary N) is 1. The highest BCUT2D eigenvalue weighted by atomic mass is 35.5. The van der Waals surface area contributed by atoms with Crippen molar-refractivity contribution in [2.45, 2.75) is 44.9 Å². The molecule has 0 unspecified atom stereocenters. The van der Waals surface area contributed by atoms with Gasteiger partial charge in [-0.05, 0) is 30.9 Å². The molecule has 0 heterocycles. The SMILES string of the molecule is O=C(NC[C]1CCCCCCC1)c1cccc(F)c1Cl.[CH2].[CH2]. The van der Waals surface area contributed by atoms with Crippen molar-refractivity contribution >= 4 is 17.5 Å². The van der Waals surface area contributed by atoms with E-state index in [0.29, 0.717) is 6.54 Å². The largest absolute Gasteiger partial charge is 0.351 e. The zero-order valence-electron chi connectivity index (χ0n) is 13.0. The van der Waals surface area contributed by atoms with E-state index < -0.39 is 5.82 Å². The van der Waals surface area contributed by atoms with Crippen LogP contribution < -0.4 is 5.32 Å². The lowest BCUT2D eigenvalue weighted by atomic mass is 9.91. The molecule has 1 aliphatic rings. The smallest absolute Gasteiger partial charge is 0.252 e. The summed E-state index contributed by atoms with van der Waals surface area (Å²) < 4.78 is 13.3. The van der Waals surface area contributed by atoms with Gasteiger partial charge in [-0.1, -0.05) is 64.6 Å². The minimum absolute atomic E-state index is 0. The zero-order valence-corrected chi connectivity index (χ0v) is 13.7. The van der Waals surface area contributed by atoms with Crippen LogP contribution in [0.5, 0.6) is 0 Å². The van der Waals surface area contributed by atoms with Crippen LogP contribution in [-0.2, 0) is 0 Å². The number of carbonyl (C=O) groups excluding carboxylic acids is 1. The first-order valence-corrected chi connectivity index (χ1v) is 7.62. The van der Waals surface area contributed by atoms with E-state index in [2.05, 4.69) is 5.32 Å². The fraction of sp³-hybridized carbons (Fsp3) is 0.444. The average Bonchev–Trinajstić information content (AvgIpc) is 2.40. The lowest BCUT2D eigenvalue weighted by Gasteiger charge is -2.19. The number of hydrogen-bond acceptors (Lipinski definition) is 1. The Balaban J connectivity index is 0.00000220. The van der Waals surface area contributed by atoms with E-state index in [1.807, 2.05) is 0 Å². The molecule has 0 aromatic heterocycles. The van der Waals surface area contributed by atoms with Crippen LogP contribution in [0.15, 0.2) is 18.2 Å². The predicted molar refractivity (Wildman–Crippen MR) is 90.0 cm³/mol. The van der Waals surface area contributed by atoms with Gasteiger partial charge in [-0.15, -0.1) is 0 Å². The second-order valence-electron chi connectivity index (χ2n) is 5.30. The highest BCUT2D eigenvalue weighted by Gasteiger charge is 2.16. The predicted octanol–water partition coefficient (Wildman–Crippen LogP) is 5.18. The quantitative estimate of drug-likeness (QED) is 0.815. The van der Waals surface area contributed by atoms with Crippen LogP contribution in [-0.4, -0.2) is 12.5 Å². The summed E-state index contributed by atoms with van der Waals surface area (Å²) in [4.78, 5) is 12.0. The molecule has 22 heavy (non-hydrogen) atoms. The Hall–Kier alpha value is -1.09. The van der Waals surface area contributed by atoms with E-state index in [0.717, 1.165) is 12.8 Å². The van der Waals surface area contributed by atoms with Crippen LogP contribution in [0.25, 0.3) is 0 Å². The first-order chi connectivity index (χ1) is 9.68. The van der Waals surface area contributed by atoms with E-state index in [1.165, 1.54) is 50.2 Å². The minimum atomic E-state index is -0.557. The third-order valence-electron chi connectivity index (χ3n) is 3.76. The molecule has 0 bridgehead atoms. The van der Waals surface area contributed by atoms with Crippen molar-refractivity contribution in [1.29, 1.82) is 0 Å². The van der Waals surface area contributed by atoms with Crippen molar-refractivity contribution in [2.75, 3.05) is 6.54 Å². The highest BCUT2D eigenvalue weighted by Crippen LogP contribution is 2.24. The molecule has 121 valence electrons. The third kappa shape index (κ3) is 5.96. The molecular weight excluding hydrogens is 301 g/mol. The molecule has 1 amide bonds. The molecule has 0 atom stereocenters. The van der Waals surface area contributed by atoms with Gasteiger partial charge >= 0.3 is 0 Å². The summed E-state index contributed by atoms with van der Waals surface area (Å²) in [6, 6.07) is 4.30. The maximum absolute atomic E-state index is 13.3. The fourth-order valence-electron chi connectivity index (χ4n) is 2.56. The summed E-state index contributed by atoms with van der Waals surface area (Å²) >= 11 is 5.81. The zero-order chi connectivity index (χ0) is 14.4. The monoisotopic (exact) mass is 324 g/mol. The van der Waals surface area contributed by atoms with Crippen LogP contribution in [0.4, 0.5) is 4.39 Å². The van der Waals surface area contributed by atoms with Gasteiger partial charge in [0, 0.05) is 6.54 Å². The van der Waals surface area contributed by atoms with E-state index in [-0.39, 0.29) is 31.3 Å². The Labute approximate surface area is 139 Å². The van der Waals surface area contributed by atoms with Crippen LogP contribution in [0.2, 0.25) is 5.02 Å². The van der Waals surface area contributed by atoms with Gasteiger partial charge in [0.15, 0.2) is 0 Å². The molecule has 1 saturated carbocycles. The maximum atomic E-state index is 13.3. The van der Waals surface area contributed by atoms with Crippen LogP contribution in [0.3, 0.4) is 0 Å². The standard InChI is InChI=1S/C16H20ClFNO.2CH2/c17-15-13(9-6-10-14(15)18)16(20)19-11-12-7-4-2-1-3-5-8-12;;/h6,9-10H,1-5,7-8,11H2,(H,19,20);2*1H2. The summed E-state index contributed by atoms with van der Waals surface area (Å²) in [6.45, 7) is 0.575. The molecule has 0 saturated heterocycles. The van der Waals surface area contributed by atoms with Gasteiger partial charge in [0.2, 0.25) is 0 Å². The number of amides is 1. The van der Waals surface area contributed by atoms with E-state index in [1.54, 1.807) is 6.07 Å². The number of carbonyl (C=O) groups is 1. The summed E-state index contributed by atoms with van der Waals surface area (Å²) in [5, 5.41) is 2.75. The Morgan fingerprint density at radius 1 is 1.09 bits per heavy atom. The highest BCUT2D eigenvalue weighted by molar-refractivity contribution is 6.34. The van der Waals surface area contributed by atoms with Gasteiger partial charge in [0.1, 0.15) is 5.82 Å². The molecule has 1 aromatic rings. The second kappa shape index (κ2) is 10.6. The summed E-state index contributed by atoms with van der Waals surface area (Å²) in [6.07, 6.45) is 8.42. The van der Waals surface area contributed by atoms with Crippen LogP contribution >= 0.6 is 11.6 Å². The molecule has 2 rings (SSSR count). The van der Waals surface area contributed by atoms with Gasteiger partial charge in [0.05, 0.1) is 10.6 Å². The van der Waals surface area contributed by atoms with Crippen molar-refractivity contribution in [3.05, 3.63) is 55.4 Å². The van der Waals surface area contributed by atoms with Gasteiger partial charge < -0.3 is 5.32 Å². The number of halogens is 2. The molecule has 0 spiro atoms. The summed E-state index contributed by atoms with van der Waals surface area (Å²) in [7, 11) is 0. The third-order valence-corrected chi connectivity index (χ3v) is 4.14. The molecule has 1 aromatic carbocycles.